The van der Waals surface area contributed by atoms with Crippen molar-refractivity contribution < 1.29 is 9.18 Å². The number of nitrogens with one attached hydrogen (secondary N) is 1. The van der Waals surface area contributed by atoms with Crippen molar-refractivity contribution in [2.75, 3.05) is 18.0 Å². The summed E-state index contributed by atoms with van der Waals surface area (Å²) in [5, 5.41) is 2.47. The molecule has 0 radical (unpaired) electrons. The lowest BCUT2D eigenvalue weighted by Gasteiger charge is -2.29. The van der Waals surface area contributed by atoms with Crippen LogP contribution in [0.3, 0.4) is 0 Å². The van der Waals surface area contributed by atoms with Crippen LogP contribution in [0.5, 0.6) is 0 Å². The van der Waals surface area contributed by atoms with Gasteiger partial charge in [-0.1, -0.05) is 18.2 Å². The van der Waals surface area contributed by atoms with Crippen molar-refractivity contribution in [2.24, 2.45) is 0 Å². The molecule has 0 bridgehead atoms. The molecule has 1 heterocycles. The quantitative estimate of drug-likeness (QED) is 0.674. The Bertz CT molecular complexity index is 328. The number of anilines is 1. The minimum absolute atomic E-state index is 0.488. The van der Waals surface area contributed by atoms with Gasteiger partial charge in [0.1, 0.15) is 0 Å². The van der Waals surface area contributed by atoms with E-state index in [1.54, 1.807) is 12.1 Å². The van der Waals surface area contributed by atoms with Crippen molar-refractivity contribution in [3.8, 4) is 0 Å². The molecule has 0 spiro atoms. The van der Waals surface area contributed by atoms with E-state index in [0.717, 1.165) is 5.69 Å². The lowest BCUT2D eigenvalue weighted by Crippen LogP contribution is -2.53. The Morgan fingerprint density at radius 2 is 2.07 bits per heavy atom. The van der Waals surface area contributed by atoms with Gasteiger partial charge in [-0.25, -0.2) is 4.39 Å². The van der Waals surface area contributed by atoms with Crippen LogP contribution in [0, 0.1) is 0 Å². The second kappa shape index (κ2) is 3.75. The predicted molar refractivity (Wildman–Crippen MR) is 51.7 cm³/mol. The van der Waals surface area contributed by atoms with E-state index in [1.807, 2.05) is 18.2 Å². The van der Waals surface area contributed by atoms with Crippen LogP contribution in [0.2, 0.25) is 0 Å². The highest BCUT2D eigenvalue weighted by Crippen LogP contribution is 2.16. The Kier molecular flexibility index (Phi) is 2.45. The molecule has 4 heteroatoms. The van der Waals surface area contributed by atoms with Crippen LogP contribution in [0.4, 0.5) is 10.1 Å². The van der Waals surface area contributed by atoms with E-state index in [2.05, 4.69) is 5.32 Å². The SMILES string of the molecule is O=C1C(F)NCCN1c1ccccc1. The number of amides is 1. The molecule has 1 aromatic rings. The highest BCUT2D eigenvalue weighted by molar-refractivity contribution is 5.96. The Morgan fingerprint density at radius 3 is 2.79 bits per heavy atom. The molecular weight excluding hydrogens is 183 g/mol. The molecule has 74 valence electrons. The van der Waals surface area contributed by atoms with Crippen LogP contribution in [-0.2, 0) is 4.79 Å². The average molecular weight is 194 g/mol. The fourth-order valence-corrected chi connectivity index (χ4v) is 1.50. The monoisotopic (exact) mass is 194 g/mol. The second-order valence-electron chi connectivity index (χ2n) is 3.14. The van der Waals surface area contributed by atoms with Crippen LogP contribution < -0.4 is 10.2 Å². The van der Waals surface area contributed by atoms with E-state index >= 15 is 0 Å². The summed E-state index contributed by atoms with van der Waals surface area (Å²) in [5.41, 5.74) is 0.752. The van der Waals surface area contributed by atoms with Gasteiger partial charge in [-0.15, -0.1) is 0 Å². The van der Waals surface area contributed by atoms with Gasteiger partial charge in [0.25, 0.3) is 5.91 Å². The van der Waals surface area contributed by atoms with Gasteiger partial charge >= 0.3 is 0 Å². The minimum Gasteiger partial charge on any atom is -0.307 e. The fourth-order valence-electron chi connectivity index (χ4n) is 1.50. The second-order valence-corrected chi connectivity index (χ2v) is 3.14. The Balaban J connectivity index is 2.22. The summed E-state index contributed by atoms with van der Waals surface area (Å²) < 4.78 is 13.0. The van der Waals surface area contributed by atoms with Gasteiger partial charge in [-0.3, -0.25) is 10.1 Å². The maximum atomic E-state index is 13.0. The van der Waals surface area contributed by atoms with Crippen molar-refractivity contribution in [3.63, 3.8) is 0 Å². The minimum atomic E-state index is -1.57. The molecule has 1 N–H and O–H groups in total. The fraction of sp³-hybridized carbons (Fsp3) is 0.300. The normalized spacial score (nSPS) is 22.5. The molecule has 1 fully saturated rings. The molecule has 1 aliphatic rings. The standard InChI is InChI=1S/C10H11FN2O/c11-9-10(14)13(7-6-12-9)8-4-2-1-3-5-8/h1-5,9,12H,6-7H2. The van der Waals surface area contributed by atoms with Crippen molar-refractivity contribution in [2.45, 2.75) is 6.30 Å². The lowest BCUT2D eigenvalue weighted by molar-refractivity contribution is -0.125. The molecule has 1 amide bonds. The number of alkyl halides is 1. The molecule has 1 atom stereocenters. The Hall–Kier alpha value is -1.42. The first kappa shape index (κ1) is 9.15. The van der Waals surface area contributed by atoms with E-state index in [1.165, 1.54) is 4.90 Å². The number of piperazine rings is 1. The van der Waals surface area contributed by atoms with Crippen molar-refractivity contribution >= 4 is 11.6 Å². The molecular formula is C10H11FN2O. The zero-order valence-electron chi connectivity index (χ0n) is 7.61. The maximum absolute atomic E-state index is 13.0. The molecule has 1 aliphatic heterocycles. The number of carbonyl (C=O) groups is 1. The summed E-state index contributed by atoms with van der Waals surface area (Å²) in [5.74, 6) is -0.512. The number of para-hydroxylation sites is 1. The molecule has 2 rings (SSSR count). The first-order chi connectivity index (χ1) is 6.79. The topological polar surface area (TPSA) is 32.3 Å². The maximum Gasteiger partial charge on any atom is 0.276 e. The Morgan fingerprint density at radius 1 is 1.36 bits per heavy atom. The van der Waals surface area contributed by atoms with Gasteiger partial charge in [0.05, 0.1) is 0 Å². The third kappa shape index (κ3) is 1.61. The molecule has 0 aromatic heterocycles. The van der Waals surface area contributed by atoms with Gasteiger partial charge in [-0.2, -0.15) is 0 Å². The summed E-state index contributed by atoms with van der Waals surface area (Å²) >= 11 is 0. The summed E-state index contributed by atoms with van der Waals surface area (Å²) in [6.45, 7) is 1.01. The van der Waals surface area contributed by atoms with E-state index in [0.29, 0.717) is 13.1 Å². The van der Waals surface area contributed by atoms with Crippen LogP contribution in [0.25, 0.3) is 0 Å². The van der Waals surface area contributed by atoms with E-state index < -0.39 is 12.2 Å². The number of hydrogen-bond donors (Lipinski definition) is 1. The van der Waals surface area contributed by atoms with Crippen molar-refractivity contribution in [3.05, 3.63) is 30.3 Å². The zero-order valence-corrected chi connectivity index (χ0v) is 7.61. The average Bonchev–Trinajstić information content (AvgIpc) is 2.23. The van der Waals surface area contributed by atoms with Gasteiger partial charge in [0.2, 0.25) is 6.30 Å². The van der Waals surface area contributed by atoms with Crippen molar-refractivity contribution in [1.29, 1.82) is 0 Å². The molecule has 3 nitrogen and oxygen atoms in total. The highest BCUT2D eigenvalue weighted by Gasteiger charge is 2.28. The lowest BCUT2D eigenvalue weighted by atomic mass is 10.2. The zero-order chi connectivity index (χ0) is 9.97. The number of benzene rings is 1. The van der Waals surface area contributed by atoms with Gasteiger partial charge in [0, 0.05) is 18.8 Å². The molecule has 0 aliphatic carbocycles. The Labute approximate surface area is 81.5 Å². The van der Waals surface area contributed by atoms with E-state index in [-0.39, 0.29) is 0 Å². The first-order valence-corrected chi connectivity index (χ1v) is 4.53. The number of halogens is 1. The number of carbonyl (C=O) groups excluding carboxylic acids is 1. The van der Waals surface area contributed by atoms with Crippen LogP contribution in [0.1, 0.15) is 0 Å². The first-order valence-electron chi connectivity index (χ1n) is 4.53. The number of hydrogen-bond acceptors (Lipinski definition) is 2. The molecule has 14 heavy (non-hydrogen) atoms. The van der Waals surface area contributed by atoms with Gasteiger partial charge < -0.3 is 4.90 Å². The number of nitrogens with zero attached hydrogens (tertiary/aromatic N) is 1. The molecule has 0 saturated carbocycles. The largest absolute Gasteiger partial charge is 0.307 e. The summed E-state index contributed by atoms with van der Waals surface area (Å²) in [6.07, 6.45) is -1.57. The van der Waals surface area contributed by atoms with Gasteiger partial charge in [0.15, 0.2) is 0 Å². The van der Waals surface area contributed by atoms with Crippen LogP contribution in [0.15, 0.2) is 30.3 Å². The summed E-state index contributed by atoms with van der Waals surface area (Å²) in [7, 11) is 0. The summed E-state index contributed by atoms with van der Waals surface area (Å²) in [6, 6.07) is 9.13. The van der Waals surface area contributed by atoms with E-state index in [4.69, 9.17) is 0 Å². The van der Waals surface area contributed by atoms with Crippen LogP contribution >= 0.6 is 0 Å². The third-order valence-electron chi connectivity index (χ3n) is 2.21. The van der Waals surface area contributed by atoms with Crippen molar-refractivity contribution in [1.82, 2.24) is 5.32 Å². The number of rotatable bonds is 1. The molecule has 1 aromatic carbocycles. The highest BCUT2D eigenvalue weighted by atomic mass is 19.1. The van der Waals surface area contributed by atoms with Crippen LogP contribution in [-0.4, -0.2) is 25.3 Å². The third-order valence-corrected chi connectivity index (χ3v) is 2.21. The van der Waals surface area contributed by atoms with E-state index in [9.17, 15) is 9.18 Å². The smallest absolute Gasteiger partial charge is 0.276 e. The van der Waals surface area contributed by atoms with Gasteiger partial charge in [-0.05, 0) is 12.1 Å². The predicted octanol–water partition coefficient (Wildman–Crippen LogP) is 0.918. The molecule has 1 unspecified atom stereocenters. The molecule has 1 saturated heterocycles. The summed E-state index contributed by atoms with van der Waals surface area (Å²) in [4.78, 5) is 12.9.